The van der Waals surface area contributed by atoms with Crippen LogP contribution < -0.4 is 10.0 Å². The van der Waals surface area contributed by atoms with E-state index in [9.17, 15) is 0 Å². The molecule has 0 saturated heterocycles. The average Bonchev–Trinajstić information content (AvgIpc) is 2.65. The van der Waals surface area contributed by atoms with E-state index in [-0.39, 0.29) is 0 Å². The molecule has 1 aromatic heterocycles. The quantitative estimate of drug-likeness (QED) is 0.408. The molecule has 1 atom stereocenters. The molecule has 0 unspecified atom stereocenters. The monoisotopic (exact) mass is 415 g/mol. The van der Waals surface area contributed by atoms with Crippen molar-refractivity contribution in [2.24, 2.45) is 0 Å². The van der Waals surface area contributed by atoms with E-state index in [1.54, 1.807) is 11.9 Å². The highest BCUT2D eigenvalue weighted by molar-refractivity contribution is 9.10. The Balaban J connectivity index is 1.38. The molecular weight excluding hydrogens is 394 g/mol. The van der Waals surface area contributed by atoms with Gasteiger partial charge in [0.25, 0.3) is 0 Å². The molecule has 3 rings (SSSR count). The number of pyridine rings is 1. The summed E-state index contributed by atoms with van der Waals surface area (Å²) in [6.07, 6.45) is 4.78. The zero-order valence-corrected chi connectivity index (χ0v) is 16.6. The van der Waals surface area contributed by atoms with E-state index in [1.807, 2.05) is 18.5 Å². The van der Waals surface area contributed by atoms with Crippen LogP contribution in [0.5, 0.6) is 0 Å². The molecule has 0 amide bonds. The molecule has 3 nitrogen and oxygen atoms in total. The summed E-state index contributed by atoms with van der Waals surface area (Å²) < 4.78 is 4.63. The number of rotatable bonds is 8. The Kier molecular flexibility index (Phi) is 6.87. The van der Waals surface area contributed by atoms with Crippen molar-refractivity contribution in [3.05, 3.63) is 71.0 Å². The number of benzene rings is 2. The molecule has 0 aliphatic rings. The summed E-state index contributed by atoms with van der Waals surface area (Å²) in [5.74, 6) is 0. The molecule has 0 bridgehead atoms. The number of nitrogens with one attached hydrogen (secondary N) is 2. The SMILES string of the molecule is C[C@H](CNCCc1ccc(Br)cc1)NSc1ccc2cnccc2c1. The van der Waals surface area contributed by atoms with Crippen LogP contribution in [0, 0.1) is 0 Å². The number of hydrogen-bond acceptors (Lipinski definition) is 4. The first-order chi connectivity index (χ1) is 12.2. The number of hydrogen-bond donors (Lipinski definition) is 2. The molecule has 1 heterocycles. The summed E-state index contributed by atoms with van der Waals surface area (Å²) >= 11 is 5.15. The van der Waals surface area contributed by atoms with Gasteiger partial charge in [0.2, 0.25) is 0 Å². The van der Waals surface area contributed by atoms with Gasteiger partial charge in [-0.15, -0.1) is 0 Å². The van der Waals surface area contributed by atoms with Crippen LogP contribution in [-0.4, -0.2) is 24.1 Å². The topological polar surface area (TPSA) is 37.0 Å². The van der Waals surface area contributed by atoms with E-state index in [0.717, 1.165) is 24.0 Å². The van der Waals surface area contributed by atoms with Gasteiger partial charge in [-0.05, 0) is 73.1 Å². The lowest BCUT2D eigenvalue weighted by molar-refractivity contribution is 0.586. The largest absolute Gasteiger partial charge is 0.315 e. The zero-order chi connectivity index (χ0) is 17.5. The summed E-state index contributed by atoms with van der Waals surface area (Å²) in [5, 5.41) is 5.92. The zero-order valence-electron chi connectivity index (χ0n) is 14.2. The Labute approximate surface area is 161 Å². The van der Waals surface area contributed by atoms with Gasteiger partial charge >= 0.3 is 0 Å². The van der Waals surface area contributed by atoms with E-state index in [4.69, 9.17) is 0 Å². The number of halogens is 1. The van der Waals surface area contributed by atoms with Crippen molar-refractivity contribution in [1.29, 1.82) is 0 Å². The second-order valence-corrected chi connectivity index (χ2v) is 7.91. The van der Waals surface area contributed by atoms with Crippen molar-refractivity contribution < 1.29 is 0 Å². The minimum atomic E-state index is 0.392. The van der Waals surface area contributed by atoms with Gasteiger partial charge in [-0.1, -0.05) is 34.1 Å². The second kappa shape index (κ2) is 9.34. The smallest absolute Gasteiger partial charge is 0.0346 e. The maximum atomic E-state index is 4.15. The first-order valence-corrected chi connectivity index (χ1v) is 10.0. The normalized spacial score (nSPS) is 12.4. The summed E-state index contributed by atoms with van der Waals surface area (Å²) in [7, 11) is 0. The standard InChI is InChI=1S/C20H22BrN3S/c1-15(13-22-10-8-16-2-5-19(21)6-3-16)24-25-20-7-4-18-14-23-11-9-17(18)12-20/h2-7,9,11-12,14-15,22,24H,8,10,13H2,1H3/t15-/m1/s1. The lowest BCUT2D eigenvalue weighted by Crippen LogP contribution is -2.33. The van der Waals surface area contributed by atoms with E-state index in [1.165, 1.54) is 21.2 Å². The lowest BCUT2D eigenvalue weighted by atomic mass is 10.1. The van der Waals surface area contributed by atoms with Gasteiger partial charge in [-0.25, -0.2) is 0 Å². The molecule has 0 saturated carbocycles. The maximum absolute atomic E-state index is 4.15. The van der Waals surface area contributed by atoms with Crippen molar-refractivity contribution in [2.75, 3.05) is 13.1 Å². The number of fused-ring (bicyclic) bond motifs is 1. The minimum Gasteiger partial charge on any atom is -0.315 e. The van der Waals surface area contributed by atoms with Crippen molar-refractivity contribution in [3.8, 4) is 0 Å². The Hall–Kier alpha value is -1.40. The Morgan fingerprint density at radius 3 is 2.76 bits per heavy atom. The van der Waals surface area contributed by atoms with Crippen molar-refractivity contribution in [3.63, 3.8) is 0 Å². The van der Waals surface area contributed by atoms with Gasteiger partial charge in [0.1, 0.15) is 0 Å². The molecule has 0 fully saturated rings. The highest BCUT2D eigenvalue weighted by Gasteiger charge is 2.03. The molecule has 0 aliphatic heterocycles. The van der Waals surface area contributed by atoms with Gasteiger partial charge in [-0.2, -0.15) is 0 Å². The molecule has 2 aromatic carbocycles. The molecule has 3 aromatic rings. The van der Waals surface area contributed by atoms with E-state index >= 15 is 0 Å². The van der Waals surface area contributed by atoms with E-state index in [2.05, 4.69) is 80.3 Å². The Morgan fingerprint density at radius 1 is 1.08 bits per heavy atom. The Morgan fingerprint density at radius 2 is 1.92 bits per heavy atom. The first kappa shape index (κ1) is 18.4. The first-order valence-electron chi connectivity index (χ1n) is 8.42. The molecule has 0 radical (unpaired) electrons. The molecular formula is C20H22BrN3S. The van der Waals surface area contributed by atoms with Crippen LogP contribution in [0.2, 0.25) is 0 Å². The Bertz CT molecular complexity index is 807. The van der Waals surface area contributed by atoms with Crippen LogP contribution in [0.15, 0.2) is 70.3 Å². The predicted octanol–water partition coefficient (Wildman–Crippen LogP) is 4.81. The molecule has 2 N–H and O–H groups in total. The van der Waals surface area contributed by atoms with E-state index < -0.39 is 0 Å². The molecule has 5 heteroatoms. The highest BCUT2D eigenvalue weighted by Crippen LogP contribution is 2.21. The fourth-order valence-electron chi connectivity index (χ4n) is 2.54. The van der Waals surface area contributed by atoms with Crippen LogP contribution in [-0.2, 0) is 6.42 Å². The number of aromatic nitrogens is 1. The summed E-state index contributed by atoms with van der Waals surface area (Å²) in [5.41, 5.74) is 1.36. The third kappa shape index (κ3) is 5.82. The molecule has 130 valence electrons. The van der Waals surface area contributed by atoms with E-state index in [0.29, 0.717) is 6.04 Å². The fourth-order valence-corrected chi connectivity index (χ4v) is 3.54. The average molecular weight is 416 g/mol. The van der Waals surface area contributed by atoms with Gasteiger partial charge in [0.05, 0.1) is 0 Å². The lowest BCUT2D eigenvalue weighted by Gasteiger charge is -2.14. The van der Waals surface area contributed by atoms with Crippen LogP contribution in [0.25, 0.3) is 10.8 Å². The van der Waals surface area contributed by atoms with Gasteiger partial charge in [0.15, 0.2) is 0 Å². The maximum Gasteiger partial charge on any atom is 0.0346 e. The summed E-state index contributed by atoms with van der Waals surface area (Å²) in [6, 6.07) is 17.4. The highest BCUT2D eigenvalue weighted by atomic mass is 79.9. The second-order valence-electron chi connectivity index (χ2n) is 6.09. The van der Waals surface area contributed by atoms with Crippen molar-refractivity contribution in [1.82, 2.24) is 15.0 Å². The summed E-state index contributed by atoms with van der Waals surface area (Å²) in [4.78, 5) is 5.37. The predicted molar refractivity (Wildman–Crippen MR) is 111 cm³/mol. The van der Waals surface area contributed by atoms with Gasteiger partial charge in [0, 0.05) is 39.7 Å². The molecule has 0 spiro atoms. The van der Waals surface area contributed by atoms with Crippen molar-refractivity contribution in [2.45, 2.75) is 24.3 Å². The van der Waals surface area contributed by atoms with Crippen LogP contribution in [0.4, 0.5) is 0 Å². The minimum absolute atomic E-state index is 0.392. The number of nitrogens with zero attached hydrogens (tertiary/aromatic N) is 1. The van der Waals surface area contributed by atoms with Gasteiger partial charge < -0.3 is 5.32 Å². The molecule has 25 heavy (non-hydrogen) atoms. The molecule has 0 aliphatic carbocycles. The third-order valence-corrected chi connectivity index (χ3v) is 5.48. The van der Waals surface area contributed by atoms with Crippen molar-refractivity contribution >= 4 is 38.7 Å². The summed E-state index contributed by atoms with van der Waals surface area (Å²) in [6.45, 7) is 4.13. The fraction of sp³-hybridized carbons (Fsp3) is 0.250. The van der Waals surface area contributed by atoms with Gasteiger partial charge in [-0.3, -0.25) is 9.71 Å². The van der Waals surface area contributed by atoms with Crippen LogP contribution in [0.3, 0.4) is 0 Å². The van der Waals surface area contributed by atoms with Crippen LogP contribution >= 0.6 is 27.9 Å². The third-order valence-electron chi connectivity index (χ3n) is 3.94. The van der Waals surface area contributed by atoms with Crippen LogP contribution in [0.1, 0.15) is 12.5 Å².